The zero-order chi connectivity index (χ0) is 22.9. The van der Waals surface area contributed by atoms with Crippen molar-refractivity contribution in [3.8, 4) is 5.75 Å². The molecule has 0 saturated heterocycles. The fourth-order valence-corrected chi connectivity index (χ4v) is 4.04. The van der Waals surface area contributed by atoms with Crippen LogP contribution in [-0.2, 0) is 10.5 Å². The molecular weight excluding hydrogens is 478 g/mol. The number of amides is 1. The number of carbonyl (C=O) groups excluding carboxylic acids is 1. The van der Waals surface area contributed by atoms with Gasteiger partial charge in [-0.2, -0.15) is 10.1 Å². The molecule has 1 unspecified atom stereocenters. The number of hydrazone groups is 1. The molecule has 0 bridgehead atoms. The van der Waals surface area contributed by atoms with Crippen molar-refractivity contribution in [1.29, 1.82) is 0 Å². The second-order valence-corrected chi connectivity index (χ2v) is 8.35. The van der Waals surface area contributed by atoms with Crippen LogP contribution in [0.4, 0.5) is 4.39 Å². The van der Waals surface area contributed by atoms with Gasteiger partial charge in [-0.1, -0.05) is 65.1 Å². The third-order valence-corrected chi connectivity index (χ3v) is 5.80. The van der Waals surface area contributed by atoms with Crippen molar-refractivity contribution in [2.75, 3.05) is 6.61 Å². The van der Waals surface area contributed by atoms with Gasteiger partial charge in [-0.25, -0.2) is 4.39 Å². The Balaban J connectivity index is 1.69. The smallest absolute Gasteiger partial charge is 0.283 e. The maximum absolute atomic E-state index is 14.3. The van der Waals surface area contributed by atoms with Gasteiger partial charge in [0.05, 0.1) is 15.8 Å². The van der Waals surface area contributed by atoms with Crippen molar-refractivity contribution in [2.45, 2.75) is 12.1 Å². The standard InChI is InChI=1S/C23H16Cl3FN2O3/c24-15-6-8-16(9-7-15)32-13-22(30)29-23(31,17-10-20(27)19(26)11-18(17)25)12-21(28-29)14-4-2-1-3-5-14/h1-11,31H,12-13H2. The van der Waals surface area contributed by atoms with E-state index in [4.69, 9.17) is 39.5 Å². The topological polar surface area (TPSA) is 62.1 Å². The molecule has 1 amide bonds. The van der Waals surface area contributed by atoms with Crippen molar-refractivity contribution in [3.05, 3.63) is 98.7 Å². The first-order chi connectivity index (χ1) is 15.3. The lowest BCUT2D eigenvalue weighted by Crippen LogP contribution is -2.45. The van der Waals surface area contributed by atoms with E-state index >= 15 is 0 Å². The number of rotatable bonds is 5. The van der Waals surface area contributed by atoms with Crippen LogP contribution in [-0.4, -0.2) is 28.3 Å². The molecule has 0 aliphatic carbocycles. The third kappa shape index (κ3) is 4.45. The summed E-state index contributed by atoms with van der Waals surface area (Å²) in [5.41, 5.74) is -0.936. The van der Waals surface area contributed by atoms with Gasteiger partial charge in [0.1, 0.15) is 11.6 Å². The molecule has 9 heteroatoms. The summed E-state index contributed by atoms with van der Waals surface area (Å²) in [6.07, 6.45) is -0.107. The number of hydrogen-bond acceptors (Lipinski definition) is 4. The van der Waals surface area contributed by atoms with Crippen LogP contribution in [0.3, 0.4) is 0 Å². The van der Waals surface area contributed by atoms with Gasteiger partial charge in [-0.05, 0) is 42.0 Å². The van der Waals surface area contributed by atoms with Crippen LogP contribution in [0.15, 0.2) is 71.8 Å². The molecule has 5 nitrogen and oxygen atoms in total. The van der Waals surface area contributed by atoms with Crippen LogP contribution in [0.1, 0.15) is 17.5 Å². The number of hydrogen-bond donors (Lipinski definition) is 1. The molecule has 3 aromatic rings. The monoisotopic (exact) mass is 492 g/mol. The number of benzene rings is 3. The lowest BCUT2D eigenvalue weighted by molar-refractivity contribution is -0.159. The highest BCUT2D eigenvalue weighted by Crippen LogP contribution is 2.41. The highest BCUT2D eigenvalue weighted by molar-refractivity contribution is 6.35. The van der Waals surface area contributed by atoms with E-state index in [1.165, 1.54) is 6.07 Å². The zero-order valence-electron chi connectivity index (χ0n) is 16.4. The fourth-order valence-electron chi connectivity index (χ4n) is 3.38. The van der Waals surface area contributed by atoms with E-state index in [1.807, 2.05) is 6.07 Å². The Bertz CT molecular complexity index is 1190. The SMILES string of the molecule is O=C(COc1ccc(Cl)cc1)N1N=C(c2ccccc2)CC1(O)c1cc(F)c(Cl)cc1Cl. The first-order valence-corrected chi connectivity index (χ1v) is 10.6. The minimum Gasteiger partial charge on any atom is -0.484 e. The van der Waals surface area contributed by atoms with Gasteiger partial charge in [-0.3, -0.25) is 4.79 Å². The van der Waals surface area contributed by atoms with Gasteiger partial charge in [-0.15, -0.1) is 0 Å². The van der Waals surface area contributed by atoms with E-state index in [-0.39, 0.29) is 22.0 Å². The molecule has 1 N–H and O–H groups in total. The minimum absolute atomic E-state index is 0.000156. The van der Waals surface area contributed by atoms with E-state index in [1.54, 1.807) is 48.5 Å². The largest absolute Gasteiger partial charge is 0.484 e. The summed E-state index contributed by atoms with van der Waals surface area (Å²) in [5.74, 6) is -1.02. The Morgan fingerprint density at radius 2 is 1.75 bits per heavy atom. The molecule has 1 heterocycles. The van der Waals surface area contributed by atoms with Crippen molar-refractivity contribution in [2.24, 2.45) is 5.10 Å². The molecule has 0 saturated carbocycles. The van der Waals surface area contributed by atoms with Gasteiger partial charge in [0.15, 0.2) is 12.3 Å². The van der Waals surface area contributed by atoms with E-state index in [9.17, 15) is 14.3 Å². The van der Waals surface area contributed by atoms with Crippen LogP contribution in [0.25, 0.3) is 0 Å². The van der Waals surface area contributed by atoms with E-state index in [2.05, 4.69) is 5.10 Å². The van der Waals surface area contributed by atoms with Crippen molar-refractivity contribution < 1.29 is 19.0 Å². The normalized spacial score (nSPS) is 17.9. The summed E-state index contributed by atoms with van der Waals surface area (Å²) in [6.45, 7) is -0.427. The molecule has 0 fully saturated rings. The van der Waals surface area contributed by atoms with Gasteiger partial charge in [0, 0.05) is 17.0 Å². The van der Waals surface area contributed by atoms with Crippen molar-refractivity contribution >= 4 is 46.4 Å². The van der Waals surface area contributed by atoms with E-state index < -0.39 is 24.1 Å². The number of aliphatic hydroxyl groups is 1. The Labute approximate surface area is 198 Å². The number of carbonyl (C=O) groups is 1. The first-order valence-electron chi connectivity index (χ1n) is 9.49. The van der Waals surface area contributed by atoms with E-state index in [0.717, 1.165) is 11.1 Å². The molecule has 32 heavy (non-hydrogen) atoms. The summed E-state index contributed by atoms with van der Waals surface area (Å²) >= 11 is 18.0. The third-order valence-electron chi connectivity index (χ3n) is 4.95. The van der Waals surface area contributed by atoms with Crippen LogP contribution in [0.2, 0.25) is 15.1 Å². The maximum atomic E-state index is 14.3. The predicted octanol–water partition coefficient (Wildman–Crippen LogP) is 5.65. The second kappa shape index (κ2) is 9.08. The van der Waals surface area contributed by atoms with Gasteiger partial charge in [0.2, 0.25) is 0 Å². The molecule has 0 spiro atoms. The molecule has 0 radical (unpaired) electrons. The van der Waals surface area contributed by atoms with Gasteiger partial charge >= 0.3 is 0 Å². The Morgan fingerprint density at radius 3 is 2.44 bits per heavy atom. The van der Waals surface area contributed by atoms with Crippen LogP contribution in [0, 0.1) is 5.82 Å². The average molecular weight is 494 g/mol. The minimum atomic E-state index is -2.03. The summed E-state index contributed by atoms with van der Waals surface area (Å²) in [6, 6.07) is 17.7. The summed E-state index contributed by atoms with van der Waals surface area (Å²) in [4.78, 5) is 13.1. The summed E-state index contributed by atoms with van der Waals surface area (Å²) in [7, 11) is 0. The van der Waals surface area contributed by atoms with Gasteiger partial charge in [0.25, 0.3) is 5.91 Å². The van der Waals surface area contributed by atoms with Crippen molar-refractivity contribution in [3.63, 3.8) is 0 Å². The molecule has 4 rings (SSSR count). The van der Waals surface area contributed by atoms with Crippen LogP contribution >= 0.6 is 34.8 Å². The van der Waals surface area contributed by atoms with Crippen molar-refractivity contribution in [1.82, 2.24) is 5.01 Å². The van der Waals surface area contributed by atoms with Crippen LogP contribution < -0.4 is 4.74 Å². The Hall–Kier alpha value is -2.64. The number of halogens is 4. The molecular formula is C23H16Cl3FN2O3. The van der Waals surface area contributed by atoms with Gasteiger partial charge < -0.3 is 9.84 Å². The molecule has 1 aliphatic rings. The molecule has 0 aromatic heterocycles. The summed E-state index contributed by atoms with van der Waals surface area (Å²) in [5, 5.41) is 17.1. The Morgan fingerprint density at radius 1 is 1.06 bits per heavy atom. The molecule has 164 valence electrons. The lowest BCUT2D eigenvalue weighted by atomic mass is 9.94. The second-order valence-electron chi connectivity index (χ2n) is 7.10. The number of nitrogens with zero attached hydrogens (tertiary/aromatic N) is 2. The molecule has 1 aliphatic heterocycles. The van der Waals surface area contributed by atoms with Crippen LogP contribution in [0.5, 0.6) is 5.75 Å². The molecule has 3 aromatic carbocycles. The molecule has 1 atom stereocenters. The lowest BCUT2D eigenvalue weighted by Gasteiger charge is -2.32. The average Bonchev–Trinajstić information content (AvgIpc) is 3.15. The highest BCUT2D eigenvalue weighted by atomic mass is 35.5. The predicted molar refractivity (Wildman–Crippen MR) is 122 cm³/mol. The quantitative estimate of drug-likeness (QED) is 0.468. The Kier molecular flexibility index (Phi) is 6.40. The fraction of sp³-hybridized carbons (Fsp3) is 0.130. The first kappa shape index (κ1) is 22.6. The summed E-state index contributed by atoms with van der Waals surface area (Å²) < 4.78 is 19.8. The maximum Gasteiger partial charge on any atom is 0.283 e. The zero-order valence-corrected chi connectivity index (χ0v) is 18.7. The highest BCUT2D eigenvalue weighted by Gasteiger charge is 2.47. The number of ether oxygens (including phenoxy) is 1. The van der Waals surface area contributed by atoms with E-state index in [0.29, 0.717) is 22.0 Å².